The zero-order chi connectivity index (χ0) is 12.2. The molecule has 0 saturated heterocycles. The van der Waals surface area contributed by atoms with Crippen LogP contribution in [0.3, 0.4) is 0 Å². The van der Waals surface area contributed by atoms with Crippen molar-refractivity contribution in [1.82, 2.24) is 10.6 Å². The van der Waals surface area contributed by atoms with Crippen molar-refractivity contribution in [2.45, 2.75) is 59.4 Å². The van der Waals surface area contributed by atoms with Crippen LogP contribution in [-0.2, 0) is 0 Å². The van der Waals surface area contributed by atoms with Gasteiger partial charge in [-0.1, -0.05) is 40.5 Å². The lowest BCUT2D eigenvalue weighted by Gasteiger charge is -2.27. The van der Waals surface area contributed by atoms with E-state index in [2.05, 4.69) is 38.3 Å². The largest absolute Gasteiger partial charge is 0.338 e. The highest BCUT2D eigenvalue weighted by Crippen LogP contribution is 2.24. The highest BCUT2D eigenvalue weighted by molar-refractivity contribution is 5.74. The Balaban J connectivity index is 2.19. The summed E-state index contributed by atoms with van der Waals surface area (Å²) in [5.74, 6) is 0.488. The van der Waals surface area contributed by atoms with Crippen molar-refractivity contribution in [3.8, 4) is 0 Å². The smallest absolute Gasteiger partial charge is 0.315 e. The van der Waals surface area contributed by atoms with E-state index in [1.807, 2.05) is 0 Å². The summed E-state index contributed by atoms with van der Waals surface area (Å²) in [6.45, 7) is 9.54. The van der Waals surface area contributed by atoms with E-state index in [0.717, 1.165) is 19.4 Å². The van der Waals surface area contributed by atoms with Gasteiger partial charge in [0.2, 0.25) is 0 Å². The summed E-state index contributed by atoms with van der Waals surface area (Å²) in [7, 11) is 0. The molecule has 16 heavy (non-hydrogen) atoms. The van der Waals surface area contributed by atoms with Crippen LogP contribution in [0.4, 0.5) is 4.79 Å². The number of nitrogens with one attached hydrogen (secondary N) is 2. The van der Waals surface area contributed by atoms with Crippen LogP contribution < -0.4 is 10.6 Å². The summed E-state index contributed by atoms with van der Waals surface area (Å²) < 4.78 is 0. The summed E-state index contributed by atoms with van der Waals surface area (Å²) in [6, 6.07) is 0.410. The molecule has 0 heterocycles. The standard InChI is InChI=1S/C13H26N2O/c1-10(13(2,3)4)9-14-12(16)15-11-7-5-6-8-11/h10-11H,5-9H2,1-4H3,(H2,14,15,16). The number of carbonyl (C=O) groups excluding carboxylic acids is 1. The molecule has 2 N–H and O–H groups in total. The van der Waals surface area contributed by atoms with Crippen LogP contribution in [0.1, 0.15) is 53.4 Å². The fourth-order valence-electron chi connectivity index (χ4n) is 1.86. The lowest BCUT2D eigenvalue weighted by molar-refractivity contribution is 0.222. The summed E-state index contributed by atoms with van der Waals surface area (Å²) in [6.07, 6.45) is 4.79. The van der Waals surface area contributed by atoms with Crippen molar-refractivity contribution in [2.75, 3.05) is 6.54 Å². The van der Waals surface area contributed by atoms with Crippen LogP contribution in [-0.4, -0.2) is 18.6 Å². The third kappa shape index (κ3) is 4.42. The zero-order valence-electron chi connectivity index (χ0n) is 11.1. The van der Waals surface area contributed by atoms with Gasteiger partial charge in [0.1, 0.15) is 0 Å². The molecular formula is C13H26N2O. The predicted octanol–water partition coefficient (Wildman–Crippen LogP) is 2.91. The molecule has 1 atom stereocenters. The van der Waals surface area contributed by atoms with Gasteiger partial charge in [-0.2, -0.15) is 0 Å². The molecular weight excluding hydrogens is 200 g/mol. The van der Waals surface area contributed by atoms with E-state index < -0.39 is 0 Å². The molecule has 1 aliphatic rings. The molecule has 0 aromatic rings. The average Bonchev–Trinajstić information content (AvgIpc) is 2.65. The number of rotatable bonds is 3. The second kappa shape index (κ2) is 5.55. The van der Waals surface area contributed by atoms with Gasteiger partial charge in [0.15, 0.2) is 0 Å². The number of amides is 2. The van der Waals surface area contributed by atoms with Crippen LogP contribution in [0.25, 0.3) is 0 Å². The fourth-order valence-corrected chi connectivity index (χ4v) is 1.86. The Hall–Kier alpha value is -0.730. The molecule has 3 nitrogen and oxygen atoms in total. The molecule has 1 aliphatic carbocycles. The highest BCUT2D eigenvalue weighted by Gasteiger charge is 2.21. The lowest BCUT2D eigenvalue weighted by Crippen LogP contribution is -2.43. The summed E-state index contributed by atoms with van der Waals surface area (Å²) in [5, 5.41) is 6.00. The van der Waals surface area contributed by atoms with E-state index in [9.17, 15) is 4.79 Å². The van der Waals surface area contributed by atoms with Gasteiger partial charge in [-0.25, -0.2) is 4.79 Å². The molecule has 1 fully saturated rings. The van der Waals surface area contributed by atoms with E-state index >= 15 is 0 Å². The normalized spacial score (nSPS) is 19.5. The molecule has 0 aromatic heterocycles. The van der Waals surface area contributed by atoms with E-state index in [0.29, 0.717) is 12.0 Å². The SMILES string of the molecule is CC(CNC(=O)NC1CCCC1)C(C)(C)C. The molecule has 0 aromatic carbocycles. The average molecular weight is 226 g/mol. The third-order valence-electron chi connectivity index (χ3n) is 3.74. The Morgan fingerprint density at radius 1 is 1.31 bits per heavy atom. The van der Waals surface area contributed by atoms with Gasteiger partial charge < -0.3 is 10.6 Å². The topological polar surface area (TPSA) is 41.1 Å². The molecule has 1 saturated carbocycles. The maximum Gasteiger partial charge on any atom is 0.315 e. The first-order valence-corrected chi connectivity index (χ1v) is 6.44. The van der Waals surface area contributed by atoms with Crippen molar-refractivity contribution in [2.24, 2.45) is 11.3 Å². The van der Waals surface area contributed by atoms with Gasteiger partial charge in [-0.3, -0.25) is 0 Å². The highest BCUT2D eigenvalue weighted by atomic mass is 16.2. The lowest BCUT2D eigenvalue weighted by atomic mass is 9.82. The fraction of sp³-hybridized carbons (Fsp3) is 0.923. The Labute approximate surface area is 99.4 Å². The molecule has 3 heteroatoms. The number of hydrogen-bond donors (Lipinski definition) is 2. The third-order valence-corrected chi connectivity index (χ3v) is 3.74. The molecule has 2 amide bonds. The first-order chi connectivity index (χ1) is 7.39. The molecule has 1 unspecified atom stereocenters. The van der Waals surface area contributed by atoms with Gasteiger partial charge in [0.25, 0.3) is 0 Å². The van der Waals surface area contributed by atoms with Gasteiger partial charge in [0, 0.05) is 12.6 Å². The second-order valence-corrected chi connectivity index (χ2v) is 6.10. The minimum Gasteiger partial charge on any atom is -0.338 e. The molecule has 0 spiro atoms. The Morgan fingerprint density at radius 3 is 2.38 bits per heavy atom. The molecule has 0 aliphatic heterocycles. The summed E-state index contributed by atoms with van der Waals surface area (Å²) in [5.41, 5.74) is 0.251. The van der Waals surface area contributed by atoms with Crippen molar-refractivity contribution < 1.29 is 4.79 Å². The van der Waals surface area contributed by atoms with Gasteiger partial charge >= 0.3 is 6.03 Å². The monoisotopic (exact) mass is 226 g/mol. The quantitative estimate of drug-likeness (QED) is 0.763. The van der Waals surface area contributed by atoms with Crippen molar-refractivity contribution in [3.63, 3.8) is 0 Å². The van der Waals surface area contributed by atoms with Crippen molar-refractivity contribution in [1.29, 1.82) is 0 Å². The Bertz CT molecular complexity index is 227. The minimum absolute atomic E-state index is 0.00278. The van der Waals surface area contributed by atoms with Gasteiger partial charge in [-0.05, 0) is 24.2 Å². The van der Waals surface area contributed by atoms with E-state index in [4.69, 9.17) is 0 Å². The molecule has 94 valence electrons. The maximum atomic E-state index is 11.6. The Morgan fingerprint density at radius 2 is 1.88 bits per heavy atom. The van der Waals surface area contributed by atoms with Crippen LogP contribution in [0.15, 0.2) is 0 Å². The van der Waals surface area contributed by atoms with Crippen LogP contribution in [0, 0.1) is 11.3 Å². The first-order valence-electron chi connectivity index (χ1n) is 6.44. The predicted molar refractivity (Wildman–Crippen MR) is 67.4 cm³/mol. The van der Waals surface area contributed by atoms with Crippen molar-refractivity contribution >= 4 is 6.03 Å². The molecule has 0 bridgehead atoms. The van der Waals surface area contributed by atoms with Crippen molar-refractivity contribution in [3.05, 3.63) is 0 Å². The van der Waals surface area contributed by atoms with E-state index in [1.54, 1.807) is 0 Å². The Kier molecular flexibility index (Phi) is 4.63. The first kappa shape index (κ1) is 13.3. The minimum atomic E-state index is 0.00278. The van der Waals surface area contributed by atoms with Crippen LogP contribution >= 0.6 is 0 Å². The zero-order valence-corrected chi connectivity index (χ0v) is 11.1. The summed E-state index contributed by atoms with van der Waals surface area (Å²) >= 11 is 0. The van der Waals surface area contributed by atoms with Crippen LogP contribution in [0.2, 0.25) is 0 Å². The second-order valence-electron chi connectivity index (χ2n) is 6.10. The molecule has 1 rings (SSSR count). The van der Waals surface area contributed by atoms with Gasteiger partial charge in [-0.15, -0.1) is 0 Å². The molecule has 0 radical (unpaired) electrons. The number of hydrogen-bond acceptors (Lipinski definition) is 1. The number of urea groups is 1. The summed E-state index contributed by atoms with van der Waals surface area (Å²) in [4.78, 5) is 11.6. The maximum absolute atomic E-state index is 11.6. The van der Waals surface area contributed by atoms with E-state index in [1.165, 1.54) is 12.8 Å². The van der Waals surface area contributed by atoms with Gasteiger partial charge in [0.05, 0.1) is 0 Å². The van der Waals surface area contributed by atoms with E-state index in [-0.39, 0.29) is 11.4 Å². The number of carbonyl (C=O) groups is 1. The van der Waals surface area contributed by atoms with Crippen LogP contribution in [0.5, 0.6) is 0 Å².